The van der Waals surface area contributed by atoms with E-state index in [1.54, 1.807) is 13.2 Å². The minimum absolute atomic E-state index is 0.300. The highest BCUT2D eigenvalue weighted by molar-refractivity contribution is 6.07. The molecule has 0 spiro atoms. The molecule has 5 rings (SSSR count). The highest BCUT2D eigenvalue weighted by atomic mass is 16.5. The summed E-state index contributed by atoms with van der Waals surface area (Å²) in [5.41, 5.74) is 6.09. The minimum Gasteiger partial charge on any atom is -0.478 e. The number of ether oxygens (including phenoxy) is 1. The lowest BCUT2D eigenvalue weighted by molar-refractivity contribution is 0.0696. The zero-order valence-electron chi connectivity index (χ0n) is 18.3. The van der Waals surface area contributed by atoms with Crippen molar-refractivity contribution in [3.63, 3.8) is 0 Å². The number of rotatable bonds is 5. The fourth-order valence-electron chi connectivity index (χ4n) is 5.80. The summed E-state index contributed by atoms with van der Waals surface area (Å²) in [6, 6.07) is 11.7. The first-order valence-corrected chi connectivity index (χ1v) is 11.3. The van der Waals surface area contributed by atoms with Gasteiger partial charge in [-0.25, -0.2) is 9.64 Å². The summed E-state index contributed by atoms with van der Waals surface area (Å²) in [5.74, 6) is 0.0412. The van der Waals surface area contributed by atoms with E-state index in [0.29, 0.717) is 35.7 Å². The number of fused-ring (bicyclic) bond motifs is 3. The second-order valence-electron chi connectivity index (χ2n) is 9.05. The van der Waals surface area contributed by atoms with Gasteiger partial charge in [0.15, 0.2) is 5.69 Å². The molecule has 1 heterocycles. The fraction of sp³-hybridized carbons (Fsp3) is 0.423. The number of aromatic carboxylic acids is 1. The second-order valence-corrected chi connectivity index (χ2v) is 9.05. The maximum Gasteiger partial charge on any atom is 0.335 e. The van der Waals surface area contributed by atoms with Gasteiger partial charge in [-0.15, -0.1) is 0 Å². The fourth-order valence-corrected chi connectivity index (χ4v) is 5.80. The Kier molecular flexibility index (Phi) is 5.44. The number of benzene rings is 2. The van der Waals surface area contributed by atoms with Crippen molar-refractivity contribution in [3.8, 4) is 0 Å². The van der Waals surface area contributed by atoms with Crippen LogP contribution in [-0.2, 0) is 17.8 Å². The minimum atomic E-state index is -0.890. The van der Waals surface area contributed by atoms with E-state index in [9.17, 15) is 9.90 Å². The number of hydrogen-bond acceptors (Lipinski definition) is 4. The molecule has 1 saturated carbocycles. The van der Waals surface area contributed by atoms with Crippen LogP contribution < -0.4 is 5.01 Å². The average Bonchev–Trinajstić information content (AvgIpc) is 3.46. The van der Waals surface area contributed by atoms with E-state index in [0.717, 1.165) is 40.9 Å². The molecule has 2 aliphatic carbocycles. The van der Waals surface area contributed by atoms with Crippen molar-refractivity contribution >= 4 is 23.1 Å². The van der Waals surface area contributed by atoms with Crippen molar-refractivity contribution in [2.45, 2.75) is 51.2 Å². The van der Waals surface area contributed by atoms with Crippen molar-refractivity contribution in [2.75, 3.05) is 12.1 Å². The highest BCUT2D eigenvalue weighted by Crippen LogP contribution is 2.45. The molecule has 6 heteroatoms. The van der Waals surface area contributed by atoms with Crippen molar-refractivity contribution in [2.24, 2.45) is 16.9 Å². The molecular weight excluding hydrogens is 402 g/mol. The van der Waals surface area contributed by atoms with Gasteiger partial charge in [-0.3, -0.25) is 5.01 Å². The topological polar surface area (TPSA) is 66.5 Å². The molecule has 3 aliphatic rings. The van der Waals surface area contributed by atoms with Crippen LogP contribution in [0.15, 0.2) is 41.5 Å². The molecule has 0 bridgehead atoms. The van der Waals surface area contributed by atoms with Crippen LogP contribution in [0.1, 0.15) is 59.2 Å². The Balaban J connectivity index is 1.59. The molecule has 2 unspecified atom stereocenters. The monoisotopic (exact) mass is 429 g/mol. The van der Waals surface area contributed by atoms with E-state index < -0.39 is 5.97 Å². The molecule has 0 amide bonds. The molecule has 1 aliphatic heterocycles. The molecule has 0 aromatic heterocycles. The van der Waals surface area contributed by atoms with Crippen LogP contribution in [0.3, 0.4) is 0 Å². The first-order chi connectivity index (χ1) is 15.6. The third-order valence-corrected chi connectivity index (χ3v) is 7.24. The molecule has 2 aromatic rings. The van der Waals surface area contributed by atoms with E-state index in [-0.39, 0.29) is 0 Å². The van der Waals surface area contributed by atoms with E-state index >= 15 is 0 Å². The van der Waals surface area contributed by atoms with E-state index in [1.807, 2.05) is 24.3 Å². The maximum atomic E-state index is 11.4. The first kappa shape index (κ1) is 20.7. The summed E-state index contributed by atoms with van der Waals surface area (Å²) < 4.78 is 5.34. The summed E-state index contributed by atoms with van der Waals surface area (Å²) >= 11 is 0. The molecule has 32 heavy (non-hydrogen) atoms. The lowest BCUT2D eigenvalue weighted by atomic mass is 9.75. The van der Waals surface area contributed by atoms with E-state index in [2.05, 4.69) is 15.9 Å². The number of carboxylic acids is 1. The standard InChI is InChI=1S/C26H27N3O3/c1-27-23-12-9-20(14-19(23)15-32-2)29-25(16-5-3-4-6-16)22-11-7-17-13-18(26(30)31)8-10-21(17)24(22)28-29/h8-10,12-14,16,22,25H,3-7,11,15H2,2H3,(H,30,31). The van der Waals surface area contributed by atoms with Crippen LogP contribution >= 0.6 is 0 Å². The highest BCUT2D eigenvalue weighted by Gasteiger charge is 2.45. The number of aryl methyl sites for hydroxylation is 1. The molecule has 0 radical (unpaired) electrons. The van der Waals surface area contributed by atoms with Crippen LogP contribution in [0, 0.1) is 18.4 Å². The van der Waals surface area contributed by atoms with Gasteiger partial charge in [0.1, 0.15) is 0 Å². The average molecular weight is 430 g/mol. The van der Waals surface area contributed by atoms with Crippen molar-refractivity contribution in [1.29, 1.82) is 0 Å². The number of carbonyl (C=O) groups is 1. The van der Waals surface area contributed by atoms with E-state index in [4.69, 9.17) is 16.4 Å². The van der Waals surface area contributed by atoms with Gasteiger partial charge >= 0.3 is 5.97 Å². The first-order valence-electron chi connectivity index (χ1n) is 11.3. The van der Waals surface area contributed by atoms with Gasteiger partial charge in [0.25, 0.3) is 0 Å². The lowest BCUT2D eigenvalue weighted by Gasteiger charge is -2.34. The van der Waals surface area contributed by atoms with Gasteiger partial charge in [0, 0.05) is 18.6 Å². The number of anilines is 1. The molecule has 0 saturated heterocycles. The van der Waals surface area contributed by atoms with Gasteiger partial charge in [-0.1, -0.05) is 25.0 Å². The Morgan fingerprint density at radius 3 is 2.75 bits per heavy atom. The lowest BCUT2D eigenvalue weighted by Crippen LogP contribution is -2.40. The van der Waals surface area contributed by atoms with Crippen LogP contribution in [0.2, 0.25) is 0 Å². The van der Waals surface area contributed by atoms with Gasteiger partial charge in [-0.2, -0.15) is 5.10 Å². The predicted octanol–water partition coefficient (Wildman–Crippen LogP) is 5.43. The van der Waals surface area contributed by atoms with Crippen LogP contribution in [0.5, 0.6) is 0 Å². The molecular formula is C26H27N3O3. The largest absolute Gasteiger partial charge is 0.478 e. The third kappa shape index (κ3) is 3.47. The molecule has 1 N–H and O–H groups in total. The van der Waals surface area contributed by atoms with Crippen LogP contribution in [-0.4, -0.2) is 29.9 Å². The molecule has 2 aromatic carbocycles. The number of hydrazone groups is 1. The Bertz CT molecular complexity index is 1130. The zero-order chi connectivity index (χ0) is 22.2. The summed E-state index contributed by atoms with van der Waals surface area (Å²) in [7, 11) is 1.65. The Morgan fingerprint density at radius 1 is 1.22 bits per heavy atom. The van der Waals surface area contributed by atoms with Crippen LogP contribution in [0.4, 0.5) is 11.4 Å². The smallest absolute Gasteiger partial charge is 0.335 e. The van der Waals surface area contributed by atoms with Crippen LogP contribution in [0.25, 0.3) is 4.85 Å². The van der Waals surface area contributed by atoms with Gasteiger partial charge in [0.05, 0.1) is 36.2 Å². The number of methoxy groups -OCH3 is 1. The van der Waals surface area contributed by atoms with Crippen molar-refractivity contribution < 1.29 is 14.6 Å². The Morgan fingerprint density at radius 2 is 2.03 bits per heavy atom. The van der Waals surface area contributed by atoms with E-state index in [1.165, 1.54) is 25.7 Å². The van der Waals surface area contributed by atoms with Gasteiger partial charge in [-0.05, 0) is 67.0 Å². The molecule has 1 fully saturated rings. The molecule has 164 valence electrons. The summed E-state index contributed by atoms with van der Waals surface area (Å²) in [6.07, 6.45) is 6.83. The predicted molar refractivity (Wildman–Crippen MR) is 123 cm³/mol. The number of carboxylic acid groups (broad SMARTS) is 1. The van der Waals surface area contributed by atoms with Crippen molar-refractivity contribution in [1.82, 2.24) is 0 Å². The Labute approximate surface area is 188 Å². The third-order valence-electron chi connectivity index (χ3n) is 7.24. The second kappa shape index (κ2) is 8.40. The summed E-state index contributed by atoms with van der Waals surface area (Å²) in [4.78, 5) is 15.1. The normalized spacial score (nSPS) is 22.2. The SMILES string of the molecule is [C-]#[N+]c1ccc(N2N=C3c4ccc(C(=O)O)cc4CCC3C2C2CCCC2)cc1COC. The Hall–Kier alpha value is -3.17. The molecule has 6 nitrogen and oxygen atoms in total. The van der Waals surface area contributed by atoms with Gasteiger partial charge in [0.2, 0.25) is 0 Å². The summed E-state index contributed by atoms with van der Waals surface area (Å²) in [6.45, 7) is 7.86. The quantitative estimate of drug-likeness (QED) is 0.644. The number of nitrogens with zero attached hydrogens (tertiary/aromatic N) is 3. The summed E-state index contributed by atoms with van der Waals surface area (Å²) in [5, 5.41) is 16.8. The maximum absolute atomic E-state index is 11.4. The molecule has 2 atom stereocenters. The van der Waals surface area contributed by atoms with Gasteiger partial charge < -0.3 is 9.84 Å². The zero-order valence-corrected chi connectivity index (χ0v) is 18.3. The van der Waals surface area contributed by atoms with Crippen molar-refractivity contribution in [3.05, 3.63) is 70.1 Å². The number of hydrogen-bond donors (Lipinski definition) is 1.